The maximum absolute atomic E-state index is 11.9. The maximum atomic E-state index is 11.9. The lowest BCUT2D eigenvalue weighted by Crippen LogP contribution is -2.40. The van der Waals surface area contributed by atoms with Crippen LogP contribution in [0.25, 0.3) is 5.69 Å². The molecule has 0 radical (unpaired) electrons. The molecule has 0 unspecified atom stereocenters. The highest BCUT2D eigenvalue weighted by molar-refractivity contribution is 5.84. The molecule has 2 aromatic heterocycles. The molecular formula is C20H21N4O+. The molecule has 0 aliphatic carbocycles. The van der Waals surface area contributed by atoms with E-state index in [1.165, 1.54) is 0 Å². The van der Waals surface area contributed by atoms with E-state index in [9.17, 15) is 4.79 Å². The predicted octanol–water partition coefficient (Wildman–Crippen LogP) is 2.53. The molecule has 0 fully saturated rings. The van der Waals surface area contributed by atoms with Gasteiger partial charge in [0.1, 0.15) is 0 Å². The summed E-state index contributed by atoms with van der Waals surface area (Å²) in [5, 5.41) is 4.10. The number of carbonyl (C=O) groups is 1. The van der Waals surface area contributed by atoms with Crippen molar-refractivity contribution >= 4 is 12.1 Å². The van der Waals surface area contributed by atoms with Gasteiger partial charge in [-0.2, -0.15) is 9.67 Å². The van der Waals surface area contributed by atoms with Gasteiger partial charge in [0, 0.05) is 34.8 Å². The number of nitrogens with one attached hydrogen (secondary N) is 1. The van der Waals surface area contributed by atoms with Crippen molar-refractivity contribution in [1.29, 1.82) is 0 Å². The van der Waals surface area contributed by atoms with Crippen LogP contribution < -0.4 is 9.99 Å². The van der Waals surface area contributed by atoms with E-state index in [2.05, 4.69) is 40.2 Å². The van der Waals surface area contributed by atoms with Gasteiger partial charge in [0.15, 0.2) is 12.4 Å². The Labute approximate surface area is 147 Å². The number of benzene rings is 1. The molecule has 1 N–H and O–H groups in total. The summed E-state index contributed by atoms with van der Waals surface area (Å²) in [6.45, 7) is 4.34. The second-order valence-corrected chi connectivity index (χ2v) is 5.84. The fraction of sp³-hybridized carbons (Fsp3) is 0.150. The molecule has 0 bridgehead atoms. The third kappa shape index (κ3) is 4.01. The summed E-state index contributed by atoms with van der Waals surface area (Å²) >= 11 is 0. The first-order valence-electron chi connectivity index (χ1n) is 8.15. The number of hydrogen-bond donors (Lipinski definition) is 1. The number of hydrogen-bond acceptors (Lipinski definition) is 2. The fourth-order valence-electron chi connectivity index (χ4n) is 2.81. The highest BCUT2D eigenvalue weighted by Crippen LogP contribution is 2.19. The quantitative estimate of drug-likeness (QED) is 0.435. The summed E-state index contributed by atoms with van der Waals surface area (Å²) < 4.78 is 3.97. The molecule has 1 aromatic carbocycles. The van der Waals surface area contributed by atoms with Crippen LogP contribution in [0, 0.1) is 13.8 Å². The van der Waals surface area contributed by atoms with Crippen LogP contribution in [-0.2, 0) is 11.3 Å². The molecule has 25 heavy (non-hydrogen) atoms. The minimum absolute atomic E-state index is 0.163. The number of amides is 1. The summed E-state index contributed by atoms with van der Waals surface area (Å²) in [6, 6.07) is 17.9. The van der Waals surface area contributed by atoms with Gasteiger partial charge in [0.25, 0.3) is 0 Å². The van der Waals surface area contributed by atoms with Crippen molar-refractivity contribution in [3.05, 3.63) is 83.9 Å². The van der Waals surface area contributed by atoms with E-state index in [1.807, 2.05) is 55.7 Å². The van der Waals surface area contributed by atoms with Crippen molar-refractivity contribution in [2.24, 2.45) is 5.10 Å². The zero-order valence-electron chi connectivity index (χ0n) is 14.4. The van der Waals surface area contributed by atoms with Gasteiger partial charge in [-0.1, -0.05) is 24.3 Å². The zero-order valence-corrected chi connectivity index (χ0v) is 14.4. The third-order valence-corrected chi connectivity index (χ3v) is 3.98. The lowest BCUT2D eigenvalue weighted by Gasteiger charge is -2.08. The molecule has 0 saturated carbocycles. The summed E-state index contributed by atoms with van der Waals surface area (Å²) in [5.74, 6) is -0.163. The van der Waals surface area contributed by atoms with E-state index in [0.29, 0.717) is 0 Å². The Bertz CT molecular complexity index is 883. The van der Waals surface area contributed by atoms with Crippen LogP contribution in [0.5, 0.6) is 0 Å². The molecule has 2 heterocycles. The topological polar surface area (TPSA) is 50.3 Å². The number of carbonyl (C=O) groups excluding carboxylic acids is 1. The minimum atomic E-state index is -0.163. The minimum Gasteiger partial charge on any atom is -0.318 e. The Hall–Kier alpha value is -3.21. The van der Waals surface area contributed by atoms with Crippen molar-refractivity contribution in [1.82, 2.24) is 9.99 Å². The molecule has 5 heteroatoms. The van der Waals surface area contributed by atoms with Crippen LogP contribution >= 0.6 is 0 Å². The van der Waals surface area contributed by atoms with Gasteiger partial charge in [-0.3, -0.25) is 4.79 Å². The highest BCUT2D eigenvalue weighted by atomic mass is 16.2. The van der Waals surface area contributed by atoms with Crippen molar-refractivity contribution in [3.63, 3.8) is 0 Å². The van der Waals surface area contributed by atoms with E-state index in [0.717, 1.165) is 22.6 Å². The average molecular weight is 333 g/mol. The Morgan fingerprint density at radius 3 is 2.52 bits per heavy atom. The molecule has 3 rings (SSSR count). The van der Waals surface area contributed by atoms with Gasteiger partial charge in [-0.05, 0) is 32.0 Å². The molecule has 0 aliphatic heterocycles. The number of aryl methyl sites for hydroxylation is 1. The molecule has 0 saturated heterocycles. The Morgan fingerprint density at radius 2 is 1.80 bits per heavy atom. The van der Waals surface area contributed by atoms with Gasteiger partial charge in [0.05, 0.1) is 6.21 Å². The monoisotopic (exact) mass is 333 g/mol. The van der Waals surface area contributed by atoms with E-state index >= 15 is 0 Å². The van der Waals surface area contributed by atoms with Gasteiger partial charge in [-0.15, -0.1) is 0 Å². The Morgan fingerprint density at radius 1 is 1.12 bits per heavy atom. The van der Waals surface area contributed by atoms with Crippen molar-refractivity contribution in [2.45, 2.75) is 20.4 Å². The molecule has 0 atom stereocenters. The first-order chi connectivity index (χ1) is 12.1. The average Bonchev–Trinajstić information content (AvgIpc) is 2.90. The smallest absolute Gasteiger partial charge is 0.305 e. The fourth-order valence-corrected chi connectivity index (χ4v) is 2.81. The lowest BCUT2D eigenvalue weighted by atomic mass is 10.2. The number of rotatable bonds is 5. The van der Waals surface area contributed by atoms with Crippen LogP contribution in [0.15, 0.2) is 72.1 Å². The van der Waals surface area contributed by atoms with Crippen LogP contribution in [0.2, 0.25) is 0 Å². The summed E-state index contributed by atoms with van der Waals surface area (Å²) in [7, 11) is 0. The van der Waals surface area contributed by atoms with Crippen LogP contribution in [0.4, 0.5) is 0 Å². The number of aromatic nitrogens is 2. The number of nitrogens with zero attached hydrogens (tertiary/aromatic N) is 3. The summed E-state index contributed by atoms with van der Waals surface area (Å²) in [5.41, 5.74) is 6.87. The highest BCUT2D eigenvalue weighted by Gasteiger charge is 2.10. The number of hydrazone groups is 1. The van der Waals surface area contributed by atoms with Gasteiger partial charge in [-0.25, -0.2) is 5.43 Å². The SMILES string of the molecule is Cc1cc(/C=N/NC(=O)C[n+]2ccccc2)c(C)n1-c1ccccc1. The van der Waals surface area contributed by atoms with Gasteiger partial charge in [0.2, 0.25) is 6.54 Å². The molecule has 3 aromatic rings. The van der Waals surface area contributed by atoms with Crippen LogP contribution in [-0.4, -0.2) is 16.7 Å². The van der Waals surface area contributed by atoms with Crippen LogP contribution in [0.1, 0.15) is 17.0 Å². The maximum Gasteiger partial charge on any atom is 0.305 e. The Kier molecular flexibility index (Phi) is 5.04. The first kappa shape index (κ1) is 16.6. The normalized spacial score (nSPS) is 11.0. The molecule has 126 valence electrons. The molecule has 5 nitrogen and oxygen atoms in total. The molecule has 0 spiro atoms. The largest absolute Gasteiger partial charge is 0.318 e. The lowest BCUT2D eigenvalue weighted by molar-refractivity contribution is -0.684. The molecule has 0 aliphatic rings. The van der Waals surface area contributed by atoms with Crippen molar-refractivity contribution in [3.8, 4) is 5.69 Å². The first-order valence-corrected chi connectivity index (χ1v) is 8.15. The second-order valence-electron chi connectivity index (χ2n) is 5.84. The summed E-state index contributed by atoms with van der Waals surface area (Å²) in [4.78, 5) is 11.9. The zero-order chi connectivity index (χ0) is 17.6. The van der Waals surface area contributed by atoms with Crippen LogP contribution in [0.3, 0.4) is 0 Å². The van der Waals surface area contributed by atoms with Crippen molar-refractivity contribution in [2.75, 3.05) is 0 Å². The number of para-hydroxylation sites is 1. The third-order valence-electron chi connectivity index (χ3n) is 3.98. The number of pyridine rings is 1. The van der Waals surface area contributed by atoms with E-state index in [4.69, 9.17) is 0 Å². The van der Waals surface area contributed by atoms with E-state index in [-0.39, 0.29) is 12.5 Å². The van der Waals surface area contributed by atoms with E-state index < -0.39 is 0 Å². The standard InChI is InChI=1S/C20H20N4O/c1-16-13-18(17(2)24(16)19-9-5-3-6-10-19)14-21-22-20(25)15-23-11-7-4-8-12-23/h3-14H,15H2,1-2H3/p+1/b21-14+. The summed E-state index contributed by atoms with van der Waals surface area (Å²) in [6.07, 6.45) is 5.38. The second kappa shape index (κ2) is 7.57. The van der Waals surface area contributed by atoms with Crippen molar-refractivity contribution < 1.29 is 9.36 Å². The Balaban J connectivity index is 1.69. The van der Waals surface area contributed by atoms with E-state index in [1.54, 1.807) is 10.8 Å². The van der Waals surface area contributed by atoms with Gasteiger partial charge < -0.3 is 4.57 Å². The van der Waals surface area contributed by atoms with Gasteiger partial charge >= 0.3 is 5.91 Å². The molecular weight excluding hydrogens is 312 g/mol. The predicted molar refractivity (Wildman–Crippen MR) is 97.6 cm³/mol. The molecule has 1 amide bonds.